The Hall–Kier alpha value is -3.61. The molecule has 7 heteroatoms. The van der Waals surface area contributed by atoms with E-state index in [2.05, 4.69) is 38.6 Å². The number of para-hydroxylation sites is 1. The highest BCUT2D eigenvalue weighted by Gasteiger charge is 2.25. The predicted molar refractivity (Wildman–Crippen MR) is 105 cm³/mol. The van der Waals surface area contributed by atoms with Crippen LogP contribution in [-0.4, -0.2) is 30.6 Å². The van der Waals surface area contributed by atoms with Gasteiger partial charge in [-0.3, -0.25) is 20.1 Å². The molecule has 0 spiro atoms. The average molecular weight is 370 g/mol. The van der Waals surface area contributed by atoms with Crippen LogP contribution in [0.2, 0.25) is 0 Å². The van der Waals surface area contributed by atoms with Crippen molar-refractivity contribution in [3.05, 3.63) is 78.0 Å². The van der Waals surface area contributed by atoms with Crippen LogP contribution >= 0.6 is 0 Å². The van der Waals surface area contributed by atoms with E-state index in [1.54, 1.807) is 18.3 Å². The lowest BCUT2D eigenvalue weighted by Crippen LogP contribution is -2.19. The van der Waals surface area contributed by atoms with Gasteiger partial charge in [0.2, 0.25) is 5.95 Å². The van der Waals surface area contributed by atoms with Gasteiger partial charge in [0.25, 0.3) is 5.91 Å². The molecule has 4 aromatic rings. The molecule has 0 bridgehead atoms. The molecule has 3 aromatic heterocycles. The Bertz CT molecular complexity index is 1150. The molecule has 5 rings (SSSR count). The number of pyridine rings is 2. The first-order chi connectivity index (χ1) is 13.8. The van der Waals surface area contributed by atoms with Gasteiger partial charge in [0.05, 0.1) is 11.1 Å². The van der Waals surface area contributed by atoms with Gasteiger partial charge >= 0.3 is 0 Å². The minimum Gasteiger partial charge on any atom is -0.289 e. The Kier molecular flexibility index (Phi) is 4.05. The molecular formula is C21H18N6O. The zero-order valence-corrected chi connectivity index (χ0v) is 15.1. The first kappa shape index (κ1) is 16.6. The number of benzene rings is 1. The lowest BCUT2D eigenvalue weighted by Gasteiger charge is -2.21. The number of hydrogen-bond donors (Lipinski definition) is 1. The quantitative estimate of drug-likeness (QED) is 0.598. The van der Waals surface area contributed by atoms with Gasteiger partial charge in [0.1, 0.15) is 5.82 Å². The SMILES string of the molecule is O=C(Nc1nc2n(n1)CCC(c1ccc3ccccc3n1)C2)c1cccnc1. The van der Waals surface area contributed by atoms with E-state index in [0.717, 1.165) is 41.8 Å². The predicted octanol–water partition coefficient (Wildman–Crippen LogP) is 3.20. The normalized spacial score (nSPS) is 15.9. The fourth-order valence-electron chi connectivity index (χ4n) is 3.59. The van der Waals surface area contributed by atoms with Crippen molar-refractivity contribution in [2.45, 2.75) is 25.3 Å². The second-order valence-corrected chi connectivity index (χ2v) is 6.89. The highest BCUT2D eigenvalue weighted by Crippen LogP contribution is 2.29. The largest absolute Gasteiger partial charge is 0.289 e. The molecule has 7 nitrogen and oxygen atoms in total. The van der Waals surface area contributed by atoms with Crippen molar-refractivity contribution >= 4 is 22.8 Å². The maximum Gasteiger partial charge on any atom is 0.259 e. The van der Waals surface area contributed by atoms with Gasteiger partial charge in [-0.2, -0.15) is 4.98 Å². The molecule has 1 aromatic carbocycles. The van der Waals surface area contributed by atoms with Gasteiger partial charge in [-0.15, -0.1) is 5.10 Å². The molecule has 0 radical (unpaired) electrons. The molecule has 1 amide bonds. The smallest absolute Gasteiger partial charge is 0.259 e. The van der Waals surface area contributed by atoms with Crippen LogP contribution < -0.4 is 5.32 Å². The van der Waals surface area contributed by atoms with Gasteiger partial charge in [-0.1, -0.05) is 24.3 Å². The number of amides is 1. The van der Waals surface area contributed by atoms with Crippen LogP contribution in [0.25, 0.3) is 10.9 Å². The van der Waals surface area contributed by atoms with E-state index in [0.29, 0.717) is 17.4 Å². The van der Waals surface area contributed by atoms with Gasteiger partial charge in [0, 0.05) is 42.4 Å². The molecule has 0 aliphatic carbocycles. The van der Waals surface area contributed by atoms with Crippen LogP contribution in [0.3, 0.4) is 0 Å². The summed E-state index contributed by atoms with van der Waals surface area (Å²) in [7, 11) is 0. The maximum absolute atomic E-state index is 12.3. The summed E-state index contributed by atoms with van der Waals surface area (Å²) in [6.07, 6.45) is 4.84. The second kappa shape index (κ2) is 6.84. The Morgan fingerprint density at radius 3 is 2.89 bits per heavy atom. The minimum absolute atomic E-state index is 0.260. The van der Waals surface area contributed by atoms with Gasteiger partial charge < -0.3 is 0 Å². The molecule has 138 valence electrons. The molecule has 1 atom stereocenters. The summed E-state index contributed by atoms with van der Waals surface area (Å²) in [5.41, 5.74) is 2.57. The van der Waals surface area contributed by atoms with Crippen LogP contribution in [0.5, 0.6) is 0 Å². The molecule has 4 heterocycles. The molecule has 0 saturated carbocycles. The van der Waals surface area contributed by atoms with Crippen LogP contribution in [0, 0.1) is 0 Å². The van der Waals surface area contributed by atoms with Gasteiger partial charge in [0.15, 0.2) is 0 Å². The minimum atomic E-state index is -0.260. The molecule has 28 heavy (non-hydrogen) atoms. The molecule has 1 N–H and O–H groups in total. The summed E-state index contributed by atoms with van der Waals surface area (Å²) in [5.74, 6) is 1.23. The number of anilines is 1. The molecular weight excluding hydrogens is 352 g/mol. The third kappa shape index (κ3) is 3.11. The second-order valence-electron chi connectivity index (χ2n) is 6.89. The van der Waals surface area contributed by atoms with E-state index >= 15 is 0 Å². The van der Waals surface area contributed by atoms with Gasteiger partial charge in [-0.25, -0.2) is 4.68 Å². The lowest BCUT2D eigenvalue weighted by atomic mass is 9.93. The Balaban J connectivity index is 1.35. The summed E-state index contributed by atoms with van der Waals surface area (Å²) >= 11 is 0. The number of nitrogens with one attached hydrogen (secondary N) is 1. The third-order valence-corrected chi connectivity index (χ3v) is 5.05. The number of aryl methyl sites for hydroxylation is 1. The highest BCUT2D eigenvalue weighted by molar-refractivity contribution is 6.03. The summed E-state index contributed by atoms with van der Waals surface area (Å²) in [6.45, 7) is 0.754. The average Bonchev–Trinajstić information content (AvgIpc) is 3.15. The molecule has 1 unspecified atom stereocenters. The monoisotopic (exact) mass is 370 g/mol. The molecule has 0 fully saturated rings. The van der Waals surface area contributed by atoms with E-state index in [1.807, 2.05) is 22.9 Å². The van der Waals surface area contributed by atoms with Crippen molar-refractivity contribution in [2.24, 2.45) is 0 Å². The summed E-state index contributed by atoms with van der Waals surface area (Å²) in [5, 5.41) is 8.33. The van der Waals surface area contributed by atoms with Gasteiger partial charge in [-0.05, 0) is 30.7 Å². The van der Waals surface area contributed by atoms with Crippen molar-refractivity contribution in [1.29, 1.82) is 0 Å². The fraction of sp³-hybridized carbons (Fsp3) is 0.190. The lowest BCUT2D eigenvalue weighted by molar-refractivity contribution is 0.102. The first-order valence-corrected chi connectivity index (χ1v) is 9.27. The number of carbonyl (C=O) groups excluding carboxylic acids is 1. The van der Waals surface area contributed by atoms with E-state index in [1.165, 1.54) is 6.20 Å². The van der Waals surface area contributed by atoms with Crippen molar-refractivity contribution < 1.29 is 4.79 Å². The standard InChI is InChI=1S/C21H18N6O/c28-20(16-5-3-10-22-13-16)25-21-24-19-12-15(9-11-27(19)26-21)18-8-7-14-4-1-2-6-17(14)23-18/h1-8,10,13,15H,9,11-12H2,(H,25,26,28). The van der Waals surface area contributed by atoms with E-state index in [4.69, 9.17) is 4.98 Å². The maximum atomic E-state index is 12.3. The van der Waals surface area contributed by atoms with E-state index in [-0.39, 0.29) is 5.91 Å². The van der Waals surface area contributed by atoms with Crippen molar-refractivity contribution in [2.75, 3.05) is 5.32 Å². The van der Waals surface area contributed by atoms with Crippen molar-refractivity contribution in [3.63, 3.8) is 0 Å². The van der Waals surface area contributed by atoms with Crippen molar-refractivity contribution in [3.8, 4) is 0 Å². The Labute approximate surface area is 161 Å². The number of fused-ring (bicyclic) bond motifs is 2. The molecule has 1 aliphatic heterocycles. The number of nitrogens with zero attached hydrogens (tertiary/aromatic N) is 5. The topological polar surface area (TPSA) is 85.6 Å². The number of hydrogen-bond acceptors (Lipinski definition) is 5. The Morgan fingerprint density at radius 1 is 1.07 bits per heavy atom. The summed E-state index contributed by atoms with van der Waals surface area (Å²) in [6, 6.07) is 15.8. The first-order valence-electron chi connectivity index (χ1n) is 9.27. The van der Waals surface area contributed by atoms with Crippen LogP contribution in [0.15, 0.2) is 60.9 Å². The van der Waals surface area contributed by atoms with Crippen molar-refractivity contribution in [1.82, 2.24) is 24.7 Å². The highest BCUT2D eigenvalue weighted by atomic mass is 16.1. The van der Waals surface area contributed by atoms with E-state index in [9.17, 15) is 4.79 Å². The zero-order valence-electron chi connectivity index (χ0n) is 15.1. The third-order valence-electron chi connectivity index (χ3n) is 5.05. The van der Waals surface area contributed by atoms with Crippen LogP contribution in [0.4, 0.5) is 5.95 Å². The summed E-state index contributed by atoms with van der Waals surface area (Å²) < 4.78 is 1.87. The summed E-state index contributed by atoms with van der Waals surface area (Å²) in [4.78, 5) is 25.6. The number of carbonyl (C=O) groups is 1. The van der Waals surface area contributed by atoms with E-state index < -0.39 is 0 Å². The zero-order chi connectivity index (χ0) is 18.9. The number of aromatic nitrogens is 5. The molecule has 1 aliphatic rings. The molecule has 0 saturated heterocycles. The van der Waals surface area contributed by atoms with Crippen LogP contribution in [0.1, 0.15) is 34.2 Å². The fourth-order valence-corrected chi connectivity index (χ4v) is 3.59. The number of rotatable bonds is 3. The van der Waals surface area contributed by atoms with Crippen LogP contribution in [-0.2, 0) is 13.0 Å². The Morgan fingerprint density at radius 2 is 2.00 bits per heavy atom.